The molecule has 0 spiro atoms. The van der Waals surface area contributed by atoms with Gasteiger partial charge in [0.25, 0.3) is 5.56 Å². The number of nitrogens with one attached hydrogen (secondary N) is 1. The molecule has 162 valence electrons. The fourth-order valence-corrected chi connectivity index (χ4v) is 3.03. The molecule has 3 rings (SSSR count). The van der Waals surface area contributed by atoms with Crippen molar-refractivity contribution < 1.29 is 19.0 Å². The van der Waals surface area contributed by atoms with Crippen LogP contribution in [0.2, 0.25) is 0 Å². The SMILES string of the molecule is COc1cccc(-c2ccc(=O)n(CCC(=O)NCc3ccc(OC)c(OC)c3)n2)c1. The molecular weight excluding hydrogens is 398 g/mol. The van der Waals surface area contributed by atoms with Crippen LogP contribution in [0.5, 0.6) is 17.2 Å². The Labute approximate surface area is 180 Å². The van der Waals surface area contributed by atoms with Gasteiger partial charge in [0.2, 0.25) is 5.91 Å². The second-order valence-corrected chi connectivity index (χ2v) is 6.73. The van der Waals surface area contributed by atoms with Gasteiger partial charge in [0.1, 0.15) is 5.75 Å². The zero-order valence-corrected chi connectivity index (χ0v) is 17.8. The number of hydrogen-bond acceptors (Lipinski definition) is 6. The number of aryl methyl sites for hydroxylation is 1. The van der Waals surface area contributed by atoms with Crippen molar-refractivity contribution in [2.45, 2.75) is 19.5 Å². The highest BCUT2D eigenvalue weighted by molar-refractivity contribution is 5.75. The van der Waals surface area contributed by atoms with E-state index in [0.717, 1.165) is 11.1 Å². The van der Waals surface area contributed by atoms with Gasteiger partial charge in [0.15, 0.2) is 11.5 Å². The first-order valence-electron chi connectivity index (χ1n) is 9.74. The van der Waals surface area contributed by atoms with Gasteiger partial charge in [-0.2, -0.15) is 5.10 Å². The van der Waals surface area contributed by atoms with Crippen molar-refractivity contribution in [3.63, 3.8) is 0 Å². The Morgan fingerprint density at radius 1 is 0.968 bits per heavy atom. The van der Waals surface area contributed by atoms with E-state index >= 15 is 0 Å². The van der Waals surface area contributed by atoms with Crippen molar-refractivity contribution in [2.24, 2.45) is 0 Å². The fourth-order valence-electron chi connectivity index (χ4n) is 3.03. The topological polar surface area (TPSA) is 91.7 Å². The summed E-state index contributed by atoms with van der Waals surface area (Å²) >= 11 is 0. The van der Waals surface area contributed by atoms with Gasteiger partial charge in [0.05, 0.1) is 33.6 Å². The third kappa shape index (κ3) is 5.63. The summed E-state index contributed by atoms with van der Waals surface area (Å²) in [5.41, 5.74) is 2.07. The molecule has 31 heavy (non-hydrogen) atoms. The first kappa shape index (κ1) is 21.9. The number of methoxy groups -OCH3 is 3. The second kappa shape index (κ2) is 10.3. The average Bonchev–Trinajstić information content (AvgIpc) is 2.81. The zero-order valence-electron chi connectivity index (χ0n) is 17.8. The van der Waals surface area contributed by atoms with E-state index in [4.69, 9.17) is 14.2 Å². The maximum Gasteiger partial charge on any atom is 0.266 e. The molecule has 0 unspecified atom stereocenters. The van der Waals surface area contributed by atoms with Crippen LogP contribution in [-0.2, 0) is 17.9 Å². The van der Waals surface area contributed by atoms with Gasteiger partial charge < -0.3 is 19.5 Å². The molecule has 0 radical (unpaired) electrons. The van der Waals surface area contributed by atoms with Crippen molar-refractivity contribution in [1.82, 2.24) is 15.1 Å². The Morgan fingerprint density at radius 2 is 1.77 bits per heavy atom. The summed E-state index contributed by atoms with van der Waals surface area (Å²) in [7, 11) is 4.72. The van der Waals surface area contributed by atoms with Crippen LogP contribution in [0.3, 0.4) is 0 Å². The standard InChI is InChI=1S/C23H25N3O5/c1-29-18-6-4-5-17(14-18)19-8-10-23(28)26(25-19)12-11-22(27)24-15-16-7-9-20(30-2)21(13-16)31-3/h4-10,13-14H,11-12,15H2,1-3H3,(H,24,27). The Bertz CT molecular complexity index is 1110. The zero-order chi connectivity index (χ0) is 22.2. The van der Waals surface area contributed by atoms with Crippen molar-refractivity contribution >= 4 is 5.91 Å². The minimum absolute atomic E-state index is 0.127. The molecule has 0 bridgehead atoms. The lowest BCUT2D eigenvalue weighted by Gasteiger charge is -2.11. The highest BCUT2D eigenvalue weighted by atomic mass is 16.5. The lowest BCUT2D eigenvalue weighted by Crippen LogP contribution is -2.28. The van der Waals surface area contributed by atoms with Gasteiger partial charge in [-0.3, -0.25) is 9.59 Å². The van der Waals surface area contributed by atoms with Crippen LogP contribution in [0.25, 0.3) is 11.3 Å². The minimum atomic E-state index is -0.265. The van der Waals surface area contributed by atoms with Gasteiger partial charge in [-0.1, -0.05) is 18.2 Å². The van der Waals surface area contributed by atoms with E-state index in [1.54, 1.807) is 33.5 Å². The first-order chi connectivity index (χ1) is 15.0. The summed E-state index contributed by atoms with van der Waals surface area (Å²) in [4.78, 5) is 24.5. The number of carbonyl (C=O) groups excluding carboxylic acids is 1. The maximum absolute atomic E-state index is 12.3. The number of carbonyl (C=O) groups is 1. The normalized spacial score (nSPS) is 10.4. The van der Waals surface area contributed by atoms with E-state index < -0.39 is 0 Å². The molecule has 8 heteroatoms. The monoisotopic (exact) mass is 423 g/mol. The molecule has 1 aromatic heterocycles. The summed E-state index contributed by atoms with van der Waals surface area (Å²) in [6.07, 6.45) is 0.127. The van der Waals surface area contributed by atoms with E-state index in [9.17, 15) is 9.59 Å². The quantitative estimate of drug-likeness (QED) is 0.569. The van der Waals surface area contributed by atoms with Crippen LogP contribution in [0.4, 0.5) is 0 Å². The average molecular weight is 423 g/mol. The highest BCUT2D eigenvalue weighted by Gasteiger charge is 2.09. The molecule has 1 heterocycles. The minimum Gasteiger partial charge on any atom is -0.497 e. The van der Waals surface area contributed by atoms with Gasteiger partial charge >= 0.3 is 0 Å². The van der Waals surface area contributed by atoms with Gasteiger partial charge in [0, 0.05) is 24.6 Å². The summed E-state index contributed by atoms with van der Waals surface area (Å²) < 4.78 is 17.0. The van der Waals surface area contributed by atoms with Crippen molar-refractivity contribution in [2.75, 3.05) is 21.3 Å². The maximum atomic E-state index is 12.3. The Kier molecular flexibility index (Phi) is 7.26. The van der Waals surface area contributed by atoms with Crippen molar-refractivity contribution in [3.8, 4) is 28.5 Å². The smallest absolute Gasteiger partial charge is 0.266 e. The van der Waals surface area contributed by atoms with Crippen molar-refractivity contribution in [1.29, 1.82) is 0 Å². The highest BCUT2D eigenvalue weighted by Crippen LogP contribution is 2.27. The molecule has 0 saturated heterocycles. The number of aromatic nitrogens is 2. The molecular formula is C23H25N3O5. The first-order valence-corrected chi connectivity index (χ1v) is 9.74. The molecule has 0 aliphatic rings. The van der Waals surface area contributed by atoms with Gasteiger partial charge in [-0.25, -0.2) is 4.68 Å². The number of rotatable bonds is 9. The van der Waals surface area contributed by atoms with E-state index in [0.29, 0.717) is 29.5 Å². The molecule has 0 aliphatic carbocycles. The number of benzene rings is 2. The lowest BCUT2D eigenvalue weighted by molar-refractivity contribution is -0.121. The molecule has 2 aromatic carbocycles. The Balaban J connectivity index is 1.62. The van der Waals surface area contributed by atoms with Crippen LogP contribution in [0, 0.1) is 0 Å². The summed E-state index contributed by atoms with van der Waals surface area (Å²) in [5, 5.41) is 7.23. The molecule has 0 atom stereocenters. The molecule has 0 aliphatic heterocycles. The van der Waals surface area contributed by atoms with Crippen LogP contribution < -0.4 is 25.1 Å². The number of nitrogens with zero attached hydrogens (tertiary/aromatic N) is 2. The van der Waals surface area contributed by atoms with Crippen LogP contribution in [0.15, 0.2) is 59.4 Å². The number of ether oxygens (including phenoxy) is 3. The van der Waals surface area contributed by atoms with Crippen LogP contribution in [0.1, 0.15) is 12.0 Å². The Morgan fingerprint density at radius 3 is 2.52 bits per heavy atom. The fraction of sp³-hybridized carbons (Fsp3) is 0.261. The lowest BCUT2D eigenvalue weighted by atomic mass is 10.1. The van der Waals surface area contributed by atoms with Gasteiger partial charge in [-0.05, 0) is 35.9 Å². The van der Waals surface area contributed by atoms with Gasteiger partial charge in [-0.15, -0.1) is 0 Å². The van der Waals surface area contributed by atoms with E-state index in [1.807, 2.05) is 36.4 Å². The predicted octanol–water partition coefficient (Wildman–Crippen LogP) is 2.64. The number of amides is 1. The van der Waals surface area contributed by atoms with E-state index in [1.165, 1.54) is 10.7 Å². The molecule has 3 aromatic rings. The van der Waals surface area contributed by atoms with Crippen molar-refractivity contribution in [3.05, 3.63) is 70.5 Å². The van der Waals surface area contributed by atoms with E-state index in [-0.39, 0.29) is 24.4 Å². The molecule has 1 amide bonds. The van der Waals surface area contributed by atoms with E-state index in [2.05, 4.69) is 10.4 Å². The largest absolute Gasteiger partial charge is 0.497 e. The third-order valence-corrected chi connectivity index (χ3v) is 4.72. The summed E-state index contributed by atoms with van der Waals surface area (Å²) in [5.74, 6) is 1.74. The predicted molar refractivity (Wildman–Crippen MR) is 116 cm³/mol. The third-order valence-electron chi connectivity index (χ3n) is 4.72. The summed E-state index contributed by atoms with van der Waals surface area (Å²) in [6.45, 7) is 0.514. The number of hydrogen-bond donors (Lipinski definition) is 1. The molecule has 1 N–H and O–H groups in total. The second-order valence-electron chi connectivity index (χ2n) is 6.73. The van der Waals surface area contributed by atoms with Crippen LogP contribution in [-0.4, -0.2) is 37.0 Å². The summed E-state index contributed by atoms with van der Waals surface area (Å²) in [6, 6.07) is 16.0. The molecule has 8 nitrogen and oxygen atoms in total. The Hall–Kier alpha value is -3.81. The van der Waals surface area contributed by atoms with Crippen LogP contribution >= 0.6 is 0 Å². The molecule has 0 fully saturated rings. The molecule has 0 saturated carbocycles.